The Hall–Kier alpha value is -3.12. The first-order chi connectivity index (χ1) is 13.9. The summed E-state index contributed by atoms with van der Waals surface area (Å²) in [5, 5.41) is 11.7. The number of H-pyrrole nitrogens is 1. The first-order valence-electron chi connectivity index (χ1n) is 9.59. The summed E-state index contributed by atoms with van der Waals surface area (Å²) in [5.74, 6) is 0.688. The summed E-state index contributed by atoms with van der Waals surface area (Å²) >= 11 is 0. The number of fused-ring (bicyclic) bond motifs is 1. The lowest BCUT2D eigenvalue weighted by Crippen LogP contribution is -2.41. The van der Waals surface area contributed by atoms with Gasteiger partial charge in [0.05, 0.1) is 19.8 Å². The number of hydrogen-bond donors (Lipinski definition) is 2. The van der Waals surface area contributed by atoms with Crippen molar-refractivity contribution in [3.8, 4) is 5.75 Å². The molecule has 6 nitrogen and oxygen atoms in total. The fraction of sp³-hybridized carbons (Fsp3) is 0.304. The molecule has 6 heteroatoms. The normalized spacial score (nSPS) is 13.1. The third-order valence-electron chi connectivity index (χ3n) is 5.15. The zero-order valence-electron chi connectivity index (χ0n) is 16.9. The van der Waals surface area contributed by atoms with Crippen LogP contribution in [0, 0.1) is 0 Å². The van der Waals surface area contributed by atoms with Crippen LogP contribution in [-0.2, 0) is 11.2 Å². The highest BCUT2D eigenvalue weighted by molar-refractivity contribution is 5.82. The topological polar surface area (TPSA) is 82.6 Å². The minimum Gasteiger partial charge on any atom is -0.497 e. The molecule has 0 radical (unpaired) electrons. The molecule has 1 heterocycles. The number of methoxy groups -OCH3 is 1. The van der Waals surface area contributed by atoms with Gasteiger partial charge in [0.2, 0.25) is 11.5 Å². The van der Waals surface area contributed by atoms with Gasteiger partial charge in [-0.25, -0.2) is 0 Å². The van der Waals surface area contributed by atoms with E-state index in [0.717, 1.165) is 16.7 Å². The van der Waals surface area contributed by atoms with Crippen molar-refractivity contribution in [2.75, 3.05) is 13.7 Å². The van der Waals surface area contributed by atoms with Crippen LogP contribution in [0.3, 0.4) is 0 Å². The van der Waals surface area contributed by atoms with Crippen LogP contribution in [0.4, 0.5) is 0 Å². The zero-order valence-corrected chi connectivity index (χ0v) is 16.9. The smallest absolute Gasteiger partial charge is 0.248 e. The number of ether oxygens (including phenoxy) is 1. The van der Waals surface area contributed by atoms with Gasteiger partial charge < -0.3 is 19.7 Å². The monoisotopic (exact) mass is 394 g/mol. The maximum absolute atomic E-state index is 12.3. The van der Waals surface area contributed by atoms with Crippen LogP contribution in [-0.4, -0.2) is 40.6 Å². The number of benzene rings is 2. The number of aromatic amines is 1. The molecule has 0 aliphatic heterocycles. The number of amides is 1. The number of carbonyl (C=O) groups excluding carboxylic acids is 1. The summed E-state index contributed by atoms with van der Waals surface area (Å²) in [6.45, 7) is 3.65. The summed E-state index contributed by atoms with van der Waals surface area (Å²) in [6.07, 6.45) is -0.203. The first-order valence-corrected chi connectivity index (χ1v) is 9.59. The molecule has 1 aromatic heterocycles. The second-order valence-electron chi connectivity index (χ2n) is 7.22. The fourth-order valence-corrected chi connectivity index (χ4v) is 3.62. The lowest BCUT2D eigenvalue weighted by Gasteiger charge is -2.31. The highest BCUT2D eigenvalue weighted by atomic mass is 16.5. The Morgan fingerprint density at radius 1 is 1.14 bits per heavy atom. The molecule has 3 rings (SSSR count). The van der Waals surface area contributed by atoms with Gasteiger partial charge in [-0.05, 0) is 48.7 Å². The minimum absolute atomic E-state index is 0.0923. The van der Waals surface area contributed by atoms with Crippen LogP contribution in [0.25, 0.3) is 10.9 Å². The second kappa shape index (κ2) is 8.92. The second-order valence-corrected chi connectivity index (χ2v) is 7.22. The van der Waals surface area contributed by atoms with Crippen LogP contribution < -0.4 is 10.3 Å². The SMILES string of the molecule is COc1ccc(CC(C)N(CC(O)c2cccc3[nH]c(=O)ccc23)C(C)=O)cc1. The predicted octanol–water partition coefficient (Wildman–Crippen LogP) is 3.05. The number of aliphatic hydroxyl groups is 1. The van der Waals surface area contributed by atoms with E-state index >= 15 is 0 Å². The standard InChI is InChI=1S/C23H26N2O4/c1-15(13-17-7-9-18(29-3)10-8-17)25(16(2)26)14-22(27)20-5-4-6-21-19(20)11-12-23(28)24-21/h4-12,15,22,27H,13-14H2,1-3H3,(H,24,28). The van der Waals surface area contributed by atoms with Crippen molar-refractivity contribution in [1.29, 1.82) is 0 Å². The molecule has 2 aromatic carbocycles. The first kappa shape index (κ1) is 20.6. The van der Waals surface area contributed by atoms with E-state index in [-0.39, 0.29) is 24.1 Å². The summed E-state index contributed by atoms with van der Waals surface area (Å²) in [4.78, 5) is 28.3. The molecular weight excluding hydrogens is 368 g/mol. The molecule has 2 unspecified atom stereocenters. The molecule has 1 amide bonds. The van der Waals surface area contributed by atoms with E-state index in [4.69, 9.17) is 4.74 Å². The van der Waals surface area contributed by atoms with Gasteiger partial charge in [0.25, 0.3) is 0 Å². The molecule has 0 aliphatic rings. The average Bonchev–Trinajstić information content (AvgIpc) is 2.71. The molecule has 152 valence electrons. The number of hydrogen-bond acceptors (Lipinski definition) is 4. The van der Waals surface area contributed by atoms with Crippen LogP contribution >= 0.6 is 0 Å². The lowest BCUT2D eigenvalue weighted by atomic mass is 10.0. The Balaban J connectivity index is 1.79. The third-order valence-corrected chi connectivity index (χ3v) is 5.15. The van der Waals surface area contributed by atoms with Crippen molar-refractivity contribution in [2.24, 2.45) is 0 Å². The molecule has 0 aliphatic carbocycles. The number of pyridine rings is 1. The van der Waals surface area contributed by atoms with Crippen molar-refractivity contribution < 1.29 is 14.6 Å². The molecule has 2 atom stereocenters. The van der Waals surface area contributed by atoms with E-state index < -0.39 is 6.10 Å². The van der Waals surface area contributed by atoms with Crippen LogP contribution in [0.1, 0.15) is 31.1 Å². The number of nitrogens with zero attached hydrogens (tertiary/aromatic N) is 1. The van der Waals surface area contributed by atoms with E-state index in [1.807, 2.05) is 37.3 Å². The van der Waals surface area contributed by atoms with Crippen molar-refractivity contribution in [3.05, 3.63) is 76.1 Å². The molecule has 3 aromatic rings. The Bertz CT molecular complexity index is 1040. The summed E-state index contributed by atoms with van der Waals surface area (Å²) in [6, 6.07) is 16.2. The third kappa shape index (κ3) is 4.84. The number of carbonyl (C=O) groups is 1. The largest absolute Gasteiger partial charge is 0.497 e. The predicted molar refractivity (Wildman–Crippen MR) is 113 cm³/mol. The maximum atomic E-state index is 12.3. The van der Waals surface area contributed by atoms with Crippen LogP contribution in [0.15, 0.2) is 59.4 Å². The van der Waals surface area contributed by atoms with Gasteiger partial charge in [-0.3, -0.25) is 9.59 Å². The van der Waals surface area contributed by atoms with Gasteiger partial charge in [-0.2, -0.15) is 0 Å². The highest BCUT2D eigenvalue weighted by Crippen LogP contribution is 2.24. The van der Waals surface area contributed by atoms with E-state index in [1.54, 1.807) is 30.2 Å². The molecule has 0 saturated heterocycles. The summed E-state index contributed by atoms with van der Waals surface area (Å²) in [5.41, 5.74) is 2.24. The van der Waals surface area contributed by atoms with Gasteiger partial charge in [0, 0.05) is 29.9 Å². The van der Waals surface area contributed by atoms with E-state index in [0.29, 0.717) is 17.5 Å². The Kier molecular flexibility index (Phi) is 6.34. The van der Waals surface area contributed by atoms with E-state index in [2.05, 4.69) is 4.98 Å². The van der Waals surface area contributed by atoms with Crippen molar-refractivity contribution in [3.63, 3.8) is 0 Å². The number of nitrogens with one attached hydrogen (secondary N) is 1. The van der Waals surface area contributed by atoms with E-state index in [9.17, 15) is 14.7 Å². The van der Waals surface area contributed by atoms with Gasteiger partial charge >= 0.3 is 0 Å². The maximum Gasteiger partial charge on any atom is 0.248 e. The molecule has 0 saturated carbocycles. The van der Waals surface area contributed by atoms with Crippen molar-refractivity contribution in [1.82, 2.24) is 9.88 Å². The van der Waals surface area contributed by atoms with Crippen molar-refractivity contribution in [2.45, 2.75) is 32.4 Å². The highest BCUT2D eigenvalue weighted by Gasteiger charge is 2.22. The lowest BCUT2D eigenvalue weighted by molar-refractivity contribution is -0.132. The summed E-state index contributed by atoms with van der Waals surface area (Å²) in [7, 11) is 1.62. The molecule has 2 N–H and O–H groups in total. The zero-order chi connectivity index (χ0) is 21.0. The Labute approximate surface area is 169 Å². The fourth-order valence-electron chi connectivity index (χ4n) is 3.62. The van der Waals surface area contributed by atoms with Gasteiger partial charge in [0.15, 0.2) is 0 Å². The quantitative estimate of drug-likeness (QED) is 0.645. The average molecular weight is 394 g/mol. The molecular formula is C23H26N2O4. The number of aliphatic hydroxyl groups excluding tert-OH is 1. The van der Waals surface area contributed by atoms with Gasteiger partial charge in [0.1, 0.15) is 5.75 Å². The number of aromatic nitrogens is 1. The molecule has 0 bridgehead atoms. The van der Waals surface area contributed by atoms with Gasteiger partial charge in [-0.15, -0.1) is 0 Å². The van der Waals surface area contributed by atoms with E-state index in [1.165, 1.54) is 13.0 Å². The van der Waals surface area contributed by atoms with Crippen LogP contribution in [0.2, 0.25) is 0 Å². The van der Waals surface area contributed by atoms with Crippen LogP contribution in [0.5, 0.6) is 5.75 Å². The Morgan fingerprint density at radius 2 is 1.86 bits per heavy atom. The minimum atomic E-state index is -0.869. The Morgan fingerprint density at radius 3 is 2.52 bits per heavy atom. The molecule has 0 spiro atoms. The van der Waals surface area contributed by atoms with Crippen molar-refractivity contribution >= 4 is 16.8 Å². The van der Waals surface area contributed by atoms with Gasteiger partial charge in [-0.1, -0.05) is 24.3 Å². The molecule has 29 heavy (non-hydrogen) atoms. The summed E-state index contributed by atoms with van der Waals surface area (Å²) < 4.78 is 5.18. The number of rotatable bonds is 7. The molecule has 0 fully saturated rings.